The minimum Gasteiger partial charge on any atom is -0.381 e. The van der Waals surface area contributed by atoms with E-state index in [2.05, 4.69) is 15.6 Å². The molecule has 0 saturated carbocycles. The molecule has 0 spiro atoms. The van der Waals surface area contributed by atoms with Crippen molar-refractivity contribution in [1.82, 2.24) is 10.6 Å². The summed E-state index contributed by atoms with van der Waals surface area (Å²) in [4.78, 5) is 4.27. The molecule has 0 bridgehead atoms. The number of benzene rings is 1. The molecule has 1 aromatic carbocycles. The molecule has 4 N–H and O–H groups in total. The van der Waals surface area contributed by atoms with E-state index in [4.69, 9.17) is 14.6 Å². The SMILES string of the molecule is CN=C(NCCCOCC1CCOCC1)NCc1cccc(S(N)(=O)=O)c1. The van der Waals surface area contributed by atoms with Gasteiger partial charge in [-0.3, -0.25) is 4.99 Å². The Hall–Kier alpha value is -1.68. The molecule has 9 heteroatoms. The quantitative estimate of drug-likeness (QED) is 0.322. The van der Waals surface area contributed by atoms with Crippen LogP contribution in [0.5, 0.6) is 0 Å². The zero-order valence-electron chi connectivity index (χ0n) is 15.8. The van der Waals surface area contributed by atoms with Gasteiger partial charge in [0.15, 0.2) is 5.96 Å². The van der Waals surface area contributed by atoms with Gasteiger partial charge in [0.1, 0.15) is 0 Å². The highest BCUT2D eigenvalue weighted by Gasteiger charge is 2.13. The highest BCUT2D eigenvalue weighted by Crippen LogP contribution is 2.14. The molecule has 1 aliphatic rings. The van der Waals surface area contributed by atoms with Crippen molar-refractivity contribution < 1.29 is 17.9 Å². The van der Waals surface area contributed by atoms with E-state index >= 15 is 0 Å². The summed E-state index contributed by atoms with van der Waals surface area (Å²) in [6.45, 7) is 4.39. The van der Waals surface area contributed by atoms with E-state index in [1.807, 2.05) is 6.07 Å². The molecular formula is C18H30N4O4S. The lowest BCUT2D eigenvalue weighted by Gasteiger charge is -2.21. The molecule has 2 rings (SSSR count). The van der Waals surface area contributed by atoms with Crippen molar-refractivity contribution in [3.8, 4) is 0 Å². The van der Waals surface area contributed by atoms with Crippen LogP contribution in [-0.4, -0.2) is 54.4 Å². The minimum absolute atomic E-state index is 0.103. The zero-order chi connectivity index (χ0) is 19.5. The van der Waals surface area contributed by atoms with Crippen LogP contribution in [0.1, 0.15) is 24.8 Å². The van der Waals surface area contributed by atoms with Crippen LogP contribution in [-0.2, 0) is 26.0 Å². The average Bonchev–Trinajstić information content (AvgIpc) is 2.67. The number of rotatable bonds is 9. The Morgan fingerprint density at radius 2 is 2.11 bits per heavy atom. The smallest absolute Gasteiger partial charge is 0.238 e. The Morgan fingerprint density at radius 1 is 1.33 bits per heavy atom. The predicted octanol–water partition coefficient (Wildman–Crippen LogP) is 0.832. The van der Waals surface area contributed by atoms with Crippen LogP contribution < -0.4 is 15.8 Å². The zero-order valence-corrected chi connectivity index (χ0v) is 16.6. The van der Waals surface area contributed by atoms with Crippen LogP contribution in [0, 0.1) is 5.92 Å². The Balaban J connectivity index is 1.63. The average molecular weight is 399 g/mol. The Bertz CT molecular complexity index is 703. The van der Waals surface area contributed by atoms with Gasteiger partial charge in [0.25, 0.3) is 0 Å². The second-order valence-electron chi connectivity index (χ2n) is 6.53. The van der Waals surface area contributed by atoms with Gasteiger partial charge < -0.3 is 20.1 Å². The van der Waals surface area contributed by atoms with E-state index in [1.165, 1.54) is 6.07 Å². The van der Waals surface area contributed by atoms with Crippen LogP contribution in [0.25, 0.3) is 0 Å². The maximum absolute atomic E-state index is 11.4. The molecule has 0 atom stereocenters. The molecule has 0 radical (unpaired) electrons. The van der Waals surface area contributed by atoms with Gasteiger partial charge in [0.05, 0.1) is 4.90 Å². The van der Waals surface area contributed by atoms with E-state index in [0.717, 1.165) is 51.2 Å². The number of aliphatic imine (C=N–C) groups is 1. The molecule has 0 unspecified atom stereocenters. The highest BCUT2D eigenvalue weighted by molar-refractivity contribution is 7.89. The van der Waals surface area contributed by atoms with Crippen LogP contribution in [0.4, 0.5) is 0 Å². The summed E-state index contributed by atoms with van der Waals surface area (Å²) in [5.41, 5.74) is 0.810. The van der Waals surface area contributed by atoms with Crippen molar-refractivity contribution >= 4 is 16.0 Å². The summed E-state index contributed by atoms with van der Waals surface area (Å²) in [6.07, 6.45) is 3.05. The molecule has 1 fully saturated rings. The van der Waals surface area contributed by atoms with E-state index in [9.17, 15) is 8.42 Å². The fourth-order valence-corrected chi connectivity index (χ4v) is 3.37. The third-order valence-electron chi connectivity index (χ3n) is 4.36. The van der Waals surface area contributed by atoms with Crippen LogP contribution in [0.2, 0.25) is 0 Å². The molecule has 152 valence electrons. The maximum Gasteiger partial charge on any atom is 0.238 e. The molecule has 1 saturated heterocycles. The van der Waals surface area contributed by atoms with Gasteiger partial charge >= 0.3 is 0 Å². The lowest BCUT2D eigenvalue weighted by atomic mass is 10.0. The van der Waals surface area contributed by atoms with Crippen LogP contribution in [0.3, 0.4) is 0 Å². The topological polar surface area (TPSA) is 115 Å². The fourth-order valence-electron chi connectivity index (χ4n) is 2.78. The summed E-state index contributed by atoms with van der Waals surface area (Å²) in [7, 11) is -2.00. The van der Waals surface area contributed by atoms with Crippen molar-refractivity contribution in [1.29, 1.82) is 0 Å². The summed E-state index contributed by atoms with van der Waals surface area (Å²) >= 11 is 0. The van der Waals surface area contributed by atoms with E-state index in [0.29, 0.717) is 25.0 Å². The van der Waals surface area contributed by atoms with Gasteiger partial charge in [-0.25, -0.2) is 13.6 Å². The van der Waals surface area contributed by atoms with Crippen LogP contribution >= 0.6 is 0 Å². The van der Waals surface area contributed by atoms with E-state index in [-0.39, 0.29) is 4.90 Å². The number of nitrogens with one attached hydrogen (secondary N) is 2. The third-order valence-corrected chi connectivity index (χ3v) is 5.27. The number of ether oxygens (including phenoxy) is 2. The number of primary sulfonamides is 1. The highest BCUT2D eigenvalue weighted by atomic mass is 32.2. The van der Waals surface area contributed by atoms with Gasteiger partial charge in [-0.2, -0.15) is 0 Å². The molecule has 1 heterocycles. The van der Waals surface area contributed by atoms with Crippen molar-refractivity contribution in [2.45, 2.75) is 30.7 Å². The third kappa shape index (κ3) is 8.25. The van der Waals surface area contributed by atoms with Crippen molar-refractivity contribution in [3.05, 3.63) is 29.8 Å². The second kappa shape index (κ2) is 11.2. The Morgan fingerprint density at radius 3 is 2.81 bits per heavy atom. The Labute approximate surface area is 161 Å². The second-order valence-corrected chi connectivity index (χ2v) is 8.09. The fraction of sp³-hybridized carbons (Fsp3) is 0.611. The van der Waals surface area contributed by atoms with Gasteiger partial charge in [-0.1, -0.05) is 12.1 Å². The first kappa shape index (κ1) is 21.6. The predicted molar refractivity (Wildman–Crippen MR) is 105 cm³/mol. The van der Waals surface area contributed by atoms with E-state index in [1.54, 1.807) is 19.2 Å². The molecule has 1 aromatic rings. The number of nitrogens with zero attached hydrogens (tertiary/aromatic N) is 1. The minimum atomic E-state index is -3.70. The number of sulfonamides is 1. The largest absolute Gasteiger partial charge is 0.381 e. The lowest BCUT2D eigenvalue weighted by Crippen LogP contribution is -2.37. The molecule has 8 nitrogen and oxygen atoms in total. The van der Waals surface area contributed by atoms with Crippen molar-refractivity contribution in [2.75, 3.05) is 40.0 Å². The maximum atomic E-state index is 11.4. The number of guanidine groups is 1. The molecule has 0 amide bonds. The summed E-state index contributed by atoms with van der Waals surface area (Å²) in [6, 6.07) is 6.54. The lowest BCUT2D eigenvalue weighted by molar-refractivity contribution is 0.0203. The Kier molecular flexibility index (Phi) is 8.99. The first-order valence-corrected chi connectivity index (χ1v) is 10.8. The number of hydrogen-bond donors (Lipinski definition) is 3. The summed E-state index contributed by atoms with van der Waals surface area (Å²) in [5, 5.41) is 11.5. The normalized spacial score (nSPS) is 16.3. The molecular weight excluding hydrogens is 368 g/mol. The molecule has 27 heavy (non-hydrogen) atoms. The van der Waals surface area contributed by atoms with Gasteiger partial charge in [0.2, 0.25) is 10.0 Å². The summed E-state index contributed by atoms with van der Waals surface area (Å²) < 4.78 is 33.9. The van der Waals surface area contributed by atoms with Gasteiger partial charge in [-0.15, -0.1) is 0 Å². The molecule has 0 aromatic heterocycles. The van der Waals surface area contributed by atoms with Gasteiger partial charge in [-0.05, 0) is 42.9 Å². The van der Waals surface area contributed by atoms with Crippen molar-refractivity contribution in [2.24, 2.45) is 16.0 Å². The number of hydrogen-bond acceptors (Lipinski definition) is 5. The van der Waals surface area contributed by atoms with Crippen LogP contribution in [0.15, 0.2) is 34.2 Å². The molecule has 0 aliphatic carbocycles. The monoisotopic (exact) mass is 398 g/mol. The summed E-state index contributed by atoms with van der Waals surface area (Å²) in [5.74, 6) is 1.27. The van der Waals surface area contributed by atoms with Gasteiger partial charge in [0, 0.05) is 46.6 Å². The van der Waals surface area contributed by atoms with E-state index < -0.39 is 10.0 Å². The van der Waals surface area contributed by atoms with Crippen molar-refractivity contribution in [3.63, 3.8) is 0 Å². The first-order chi connectivity index (χ1) is 13.0. The number of nitrogens with two attached hydrogens (primary N) is 1. The molecule has 1 aliphatic heterocycles. The first-order valence-electron chi connectivity index (χ1n) is 9.21. The standard InChI is InChI=1S/C18H30N4O4S/c1-20-18(21-8-3-9-26-14-15-6-10-25-11-7-15)22-13-16-4-2-5-17(12-16)27(19,23)24/h2,4-5,12,15H,3,6-11,13-14H2,1H3,(H2,19,23,24)(H2,20,21,22).